The lowest BCUT2D eigenvalue weighted by Gasteiger charge is -2.05. The molecule has 0 radical (unpaired) electrons. The summed E-state index contributed by atoms with van der Waals surface area (Å²) in [6.07, 6.45) is 5.44. The van der Waals surface area contributed by atoms with Crippen molar-refractivity contribution in [3.63, 3.8) is 0 Å². The number of fused-ring (bicyclic) bond motifs is 1. The van der Waals surface area contributed by atoms with Crippen LogP contribution in [0.3, 0.4) is 0 Å². The Balaban J connectivity index is 2.06. The number of aromatic amines is 1. The predicted octanol–water partition coefficient (Wildman–Crippen LogP) is 1.58. The van der Waals surface area contributed by atoms with Crippen molar-refractivity contribution < 1.29 is 9.90 Å². The Labute approximate surface area is 120 Å². The summed E-state index contributed by atoms with van der Waals surface area (Å²) in [6, 6.07) is 6.60. The minimum atomic E-state index is -1.01. The maximum Gasteiger partial charge on any atom is 0.320 e. The number of aromatic nitrogens is 3. The first kappa shape index (κ1) is 13.3. The first-order chi connectivity index (χ1) is 10.2. The number of benzene rings is 1. The van der Waals surface area contributed by atoms with Crippen molar-refractivity contribution in [3.8, 4) is 11.4 Å². The Morgan fingerprint density at radius 1 is 1.29 bits per heavy atom. The highest BCUT2D eigenvalue weighted by Crippen LogP contribution is 2.27. The highest BCUT2D eigenvalue weighted by molar-refractivity contribution is 5.94. The lowest BCUT2D eigenvalue weighted by molar-refractivity contribution is -0.138. The zero-order valence-corrected chi connectivity index (χ0v) is 11.2. The van der Waals surface area contributed by atoms with E-state index in [0.717, 1.165) is 22.0 Å². The Morgan fingerprint density at radius 3 is 2.76 bits per heavy atom. The van der Waals surface area contributed by atoms with Gasteiger partial charge >= 0.3 is 5.97 Å². The van der Waals surface area contributed by atoms with Crippen LogP contribution >= 0.6 is 0 Å². The van der Waals surface area contributed by atoms with Gasteiger partial charge in [0.1, 0.15) is 6.04 Å². The summed E-state index contributed by atoms with van der Waals surface area (Å²) in [4.78, 5) is 22.6. The number of H-pyrrole nitrogens is 1. The zero-order valence-electron chi connectivity index (χ0n) is 11.2. The zero-order chi connectivity index (χ0) is 14.8. The van der Waals surface area contributed by atoms with E-state index in [1.54, 1.807) is 24.7 Å². The van der Waals surface area contributed by atoms with Crippen LogP contribution in [-0.4, -0.2) is 32.1 Å². The van der Waals surface area contributed by atoms with Gasteiger partial charge in [-0.25, -0.2) is 9.97 Å². The van der Waals surface area contributed by atoms with Crippen LogP contribution in [0.5, 0.6) is 0 Å². The Bertz CT molecular complexity index is 783. The number of carboxylic acids is 1. The normalized spacial score (nSPS) is 12.4. The van der Waals surface area contributed by atoms with Crippen LogP contribution in [0.1, 0.15) is 5.56 Å². The van der Waals surface area contributed by atoms with Gasteiger partial charge in [-0.3, -0.25) is 4.79 Å². The molecule has 2 heterocycles. The SMILES string of the molecule is N[C@H](Cc1c[nH]c2c(-c3ncccn3)cccc12)C(=O)O. The summed E-state index contributed by atoms with van der Waals surface area (Å²) in [7, 11) is 0. The molecule has 0 unspecified atom stereocenters. The summed E-state index contributed by atoms with van der Waals surface area (Å²) < 4.78 is 0. The molecule has 0 spiro atoms. The maximum absolute atomic E-state index is 10.9. The fourth-order valence-electron chi connectivity index (χ4n) is 2.33. The molecule has 0 amide bonds. The average molecular weight is 282 g/mol. The molecule has 0 saturated carbocycles. The van der Waals surface area contributed by atoms with Crippen molar-refractivity contribution in [1.29, 1.82) is 0 Å². The summed E-state index contributed by atoms with van der Waals surface area (Å²) in [5.74, 6) is -0.383. The molecule has 21 heavy (non-hydrogen) atoms. The van der Waals surface area contributed by atoms with Gasteiger partial charge in [-0.15, -0.1) is 0 Å². The average Bonchev–Trinajstić information content (AvgIpc) is 2.91. The molecule has 0 bridgehead atoms. The topological polar surface area (TPSA) is 105 Å². The van der Waals surface area contributed by atoms with Crippen molar-refractivity contribution in [3.05, 3.63) is 48.4 Å². The number of para-hydroxylation sites is 1. The van der Waals surface area contributed by atoms with Crippen LogP contribution in [0.2, 0.25) is 0 Å². The Hall–Kier alpha value is -2.73. The van der Waals surface area contributed by atoms with E-state index in [2.05, 4.69) is 15.0 Å². The molecule has 1 atom stereocenters. The van der Waals surface area contributed by atoms with Gasteiger partial charge in [0.15, 0.2) is 5.82 Å². The van der Waals surface area contributed by atoms with Gasteiger partial charge < -0.3 is 15.8 Å². The van der Waals surface area contributed by atoms with Crippen LogP contribution in [0, 0.1) is 0 Å². The van der Waals surface area contributed by atoms with Crippen molar-refractivity contribution in [2.75, 3.05) is 0 Å². The number of hydrogen-bond acceptors (Lipinski definition) is 4. The summed E-state index contributed by atoms with van der Waals surface area (Å²) in [6.45, 7) is 0. The Morgan fingerprint density at radius 2 is 2.05 bits per heavy atom. The first-order valence-electron chi connectivity index (χ1n) is 6.51. The van der Waals surface area contributed by atoms with Crippen LogP contribution in [0.15, 0.2) is 42.9 Å². The second-order valence-corrected chi connectivity index (χ2v) is 4.76. The maximum atomic E-state index is 10.9. The predicted molar refractivity (Wildman–Crippen MR) is 78.6 cm³/mol. The largest absolute Gasteiger partial charge is 0.480 e. The number of nitrogens with one attached hydrogen (secondary N) is 1. The van der Waals surface area contributed by atoms with Gasteiger partial charge in [0, 0.05) is 36.0 Å². The van der Waals surface area contributed by atoms with Crippen molar-refractivity contribution in [2.45, 2.75) is 12.5 Å². The molecule has 4 N–H and O–H groups in total. The first-order valence-corrected chi connectivity index (χ1v) is 6.51. The molecular weight excluding hydrogens is 268 g/mol. The molecule has 0 aliphatic rings. The molecule has 3 rings (SSSR count). The van der Waals surface area contributed by atoms with E-state index in [-0.39, 0.29) is 6.42 Å². The number of aliphatic carboxylic acids is 1. The molecule has 6 heteroatoms. The molecule has 106 valence electrons. The third-order valence-electron chi connectivity index (χ3n) is 3.36. The quantitative estimate of drug-likeness (QED) is 0.673. The smallest absolute Gasteiger partial charge is 0.320 e. The molecule has 0 saturated heterocycles. The molecule has 0 aliphatic carbocycles. The van der Waals surface area contributed by atoms with Gasteiger partial charge in [-0.2, -0.15) is 0 Å². The number of hydrogen-bond donors (Lipinski definition) is 3. The second kappa shape index (κ2) is 5.34. The monoisotopic (exact) mass is 282 g/mol. The van der Waals surface area contributed by atoms with E-state index < -0.39 is 12.0 Å². The number of nitrogens with zero attached hydrogens (tertiary/aromatic N) is 2. The fraction of sp³-hybridized carbons (Fsp3) is 0.133. The van der Waals surface area contributed by atoms with Gasteiger partial charge in [0.2, 0.25) is 0 Å². The molecule has 0 aliphatic heterocycles. The third-order valence-corrected chi connectivity index (χ3v) is 3.36. The lowest BCUT2D eigenvalue weighted by atomic mass is 10.0. The van der Waals surface area contributed by atoms with E-state index in [0.29, 0.717) is 5.82 Å². The molecule has 0 fully saturated rings. The summed E-state index contributed by atoms with van der Waals surface area (Å²) >= 11 is 0. The molecule has 1 aromatic carbocycles. The number of carboxylic acid groups (broad SMARTS) is 1. The van der Waals surface area contributed by atoms with Crippen LogP contribution < -0.4 is 5.73 Å². The second-order valence-electron chi connectivity index (χ2n) is 4.76. The highest BCUT2D eigenvalue weighted by atomic mass is 16.4. The van der Waals surface area contributed by atoms with E-state index >= 15 is 0 Å². The fourth-order valence-corrected chi connectivity index (χ4v) is 2.33. The van der Waals surface area contributed by atoms with Crippen LogP contribution in [0.4, 0.5) is 0 Å². The van der Waals surface area contributed by atoms with Gasteiger partial charge in [-0.05, 0) is 17.7 Å². The number of carbonyl (C=O) groups is 1. The molecule has 6 nitrogen and oxygen atoms in total. The summed E-state index contributed by atoms with van der Waals surface area (Å²) in [5.41, 5.74) is 8.25. The minimum absolute atomic E-state index is 0.272. The van der Waals surface area contributed by atoms with Crippen LogP contribution in [-0.2, 0) is 11.2 Å². The lowest BCUT2D eigenvalue weighted by Crippen LogP contribution is -2.32. The van der Waals surface area contributed by atoms with E-state index in [4.69, 9.17) is 10.8 Å². The van der Waals surface area contributed by atoms with Crippen molar-refractivity contribution >= 4 is 16.9 Å². The van der Waals surface area contributed by atoms with Crippen LogP contribution in [0.25, 0.3) is 22.3 Å². The third kappa shape index (κ3) is 2.48. The van der Waals surface area contributed by atoms with Crippen molar-refractivity contribution in [2.24, 2.45) is 5.73 Å². The van der Waals surface area contributed by atoms with Gasteiger partial charge in [-0.1, -0.05) is 12.1 Å². The number of rotatable bonds is 4. The minimum Gasteiger partial charge on any atom is -0.480 e. The standard InChI is InChI=1S/C15H14N4O2/c16-12(15(20)21)7-9-8-19-13-10(9)3-1-4-11(13)14-17-5-2-6-18-14/h1-6,8,12,19H,7,16H2,(H,20,21)/t12-/m1/s1. The van der Waals surface area contributed by atoms with Gasteiger partial charge in [0.05, 0.1) is 5.52 Å². The van der Waals surface area contributed by atoms with Gasteiger partial charge in [0.25, 0.3) is 0 Å². The molecule has 2 aromatic heterocycles. The highest BCUT2D eigenvalue weighted by Gasteiger charge is 2.16. The Kier molecular flexibility index (Phi) is 3.37. The van der Waals surface area contributed by atoms with Crippen molar-refractivity contribution in [1.82, 2.24) is 15.0 Å². The summed E-state index contributed by atoms with van der Waals surface area (Å²) in [5, 5.41) is 9.87. The van der Waals surface area contributed by atoms with E-state index in [9.17, 15) is 4.79 Å². The van der Waals surface area contributed by atoms with E-state index in [1.807, 2.05) is 18.2 Å². The van der Waals surface area contributed by atoms with E-state index in [1.165, 1.54) is 0 Å². The number of nitrogens with two attached hydrogens (primary N) is 1. The molecular formula is C15H14N4O2. The molecule has 3 aromatic rings.